The molecular weight excluding hydrogens is 368 g/mol. The van der Waals surface area contributed by atoms with Gasteiger partial charge in [0, 0.05) is 32.5 Å². The number of hydrogen-bond donors (Lipinski definition) is 3. The van der Waals surface area contributed by atoms with Crippen LogP contribution in [-0.2, 0) is 10.0 Å². The number of nitrogens with zero attached hydrogens (tertiary/aromatic N) is 1. The number of hydrogen-bond acceptors (Lipinski definition) is 4. The van der Waals surface area contributed by atoms with Crippen molar-refractivity contribution in [1.29, 1.82) is 0 Å². The van der Waals surface area contributed by atoms with Gasteiger partial charge >= 0.3 is 6.03 Å². The largest absolute Gasteiger partial charge is 0.495 e. The van der Waals surface area contributed by atoms with Gasteiger partial charge in [-0.15, -0.1) is 0 Å². The summed E-state index contributed by atoms with van der Waals surface area (Å²) in [6, 6.07) is 4.14. The summed E-state index contributed by atoms with van der Waals surface area (Å²) >= 11 is 0. The fraction of sp³-hybridized carbons (Fsp3) is 0.611. The molecule has 2 amide bonds. The summed E-state index contributed by atoms with van der Waals surface area (Å²) in [5, 5.41) is 7.88. The first-order valence-corrected chi connectivity index (χ1v) is 10.9. The van der Waals surface area contributed by atoms with Gasteiger partial charge in [0.05, 0.1) is 30.8 Å². The number of piperidine rings is 1. The van der Waals surface area contributed by atoms with Crippen LogP contribution < -0.4 is 20.7 Å². The van der Waals surface area contributed by atoms with Crippen LogP contribution in [0.15, 0.2) is 23.1 Å². The van der Waals surface area contributed by atoms with Crippen LogP contribution in [0, 0.1) is 5.92 Å². The third-order valence-corrected chi connectivity index (χ3v) is 6.92. The van der Waals surface area contributed by atoms with Crippen molar-refractivity contribution < 1.29 is 23.3 Å². The molecule has 9 heteroatoms. The molecule has 152 valence electrons. The predicted octanol–water partition coefficient (Wildman–Crippen LogP) is 0.821. The third kappa shape index (κ3) is 5.57. The van der Waals surface area contributed by atoms with Crippen LogP contribution in [-0.4, -0.2) is 58.6 Å². The van der Waals surface area contributed by atoms with Crippen LogP contribution in [0.3, 0.4) is 0 Å². The van der Waals surface area contributed by atoms with Crippen molar-refractivity contribution in [3.63, 3.8) is 0 Å². The predicted molar refractivity (Wildman–Crippen MR) is 105 cm³/mol. The van der Waals surface area contributed by atoms with E-state index < -0.39 is 10.0 Å². The second-order valence-corrected chi connectivity index (χ2v) is 8.53. The Labute approximate surface area is 161 Å². The summed E-state index contributed by atoms with van der Waals surface area (Å²) in [5.74, 6) is 0.896. The summed E-state index contributed by atoms with van der Waals surface area (Å²) in [7, 11) is -2.13. The Bertz CT molecular complexity index is 729. The van der Waals surface area contributed by atoms with Gasteiger partial charge in [-0.05, 0) is 24.1 Å². The first kappa shape index (κ1) is 21.5. The number of carbonyl (C=O) groups excluding carboxylic acids is 1. The van der Waals surface area contributed by atoms with Gasteiger partial charge in [-0.1, -0.05) is 13.8 Å². The van der Waals surface area contributed by atoms with Gasteiger partial charge < -0.3 is 20.7 Å². The number of ether oxygens (including phenoxy) is 1. The first-order valence-electron chi connectivity index (χ1n) is 9.47. The molecule has 0 aliphatic carbocycles. The molecule has 0 atom stereocenters. The minimum Gasteiger partial charge on any atom is -0.495 e. The van der Waals surface area contributed by atoms with Crippen LogP contribution >= 0.6 is 0 Å². The molecule has 0 aromatic heterocycles. The number of amides is 2. The van der Waals surface area contributed by atoms with E-state index >= 15 is 0 Å². The molecule has 1 aromatic rings. The number of nitrogens with one attached hydrogen (secondary N) is 2. The lowest BCUT2D eigenvalue weighted by Crippen LogP contribution is -2.86. The number of anilines is 1. The molecule has 1 saturated heterocycles. The van der Waals surface area contributed by atoms with Gasteiger partial charge in [0.25, 0.3) is 0 Å². The minimum atomic E-state index is -3.61. The Morgan fingerprint density at radius 1 is 1.26 bits per heavy atom. The monoisotopic (exact) mass is 399 g/mol. The van der Waals surface area contributed by atoms with Crippen LogP contribution in [0.2, 0.25) is 0 Å². The molecule has 4 N–H and O–H groups in total. The van der Waals surface area contributed by atoms with Gasteiger partial charge in [-0.2, -0.15) is 4.31 Å². The maximum Gasteiger partial charge on any atom is 0.319 e. The van der Waals surface area contributed by atoms with Crippen molar-refractivity contribution in [2.45, 2.75) is 31.6 Å². The molecular formula is C18H31N4O4S+. The summed E-state index contributed by atoms with van der Waals surface area (Å²) in [5.41, 5.74) is 0.334. The van der Waals surface area contributed by atoms with Gasteiger partial charge in [0.2, 0.25) is 10.0 Å². The van der Waals surface area contributed by atoms with E-state index in [4.69, 9.17) is 4.74 Å². The van der Waals surface area contributed by atoms with Gasteiger partial charge in [-0.25, -0.2) is 13.2 Å². The molecule has 0 radical (unpaired) electrons. The zero-order valence-corrected chi connectivity index (χ0v) is 17.1. The van der Waals surface area contributed by atoms with Gasteiger partial charge in [0.1, 0.15) is 5.75 Å². The lowest BCUT2D eigenvalue weighted by atomic mass is 9.98. The second kappa shape index (κ2) is 9.91. The lowest BCUT2D eigenvalue weighted by molar-refractivity contribution is -0.664. The molecule has 1 fully saturated rings. The van der Waals surface area contributed by atoms with E-state index in [0.717, 1.165) is 25.9 Å². The number of methoxy groups -OCH3 is 1. The zero-order valence-electron chi connectivity index (χ0n) is 16.3. The molecule has 2 rings (SSSR count). The first-order chi connectivity index (χ1) is 12.9. The van der Waals surface area contributed by atoms with Crippen LogP contribution in [0.25, 0.3) is 0 Å². The zero-order chi connectivity index (χ0) is 19.9. The number of rotatable bonds is 8. The van der Waals surface area contributed by atoms with Crippen molar-refractivity contribution in [1.82, 2.24) is 9.62 Å². The normalized spacial score (nSPS) is 15.6. The molecule has 8 nitrogen and oxygen atoms in total. The Hall–Kier alpha value is -1.84. The SMILES string of the molecule is CCN(CC)S(=O)(=O)c1ccc(OC)c(NC(=O)NCC2CC[NH2+]CC2)c1. The van der Waals surface area contributed by atoms with Crippen LogP contribution in [0.1, 0.15) is 26.7 Å². The number of nitrogens with two attached hydrogens (primary N) is 1. The number of urea groups is 1. The van der Waals surface area contributed by atoms with Crippen molar-refractivity contribution in [3.8, 4) is 5.75 Å². The molecule has 1 aliphatic heterocycles. The number of sulfonamides is 1. The number of quaternary nitrogens is 1. The van der Waals surface area contributed by atoms with E-state index in [9.17, 15) is 13.2 Å². The molecule has 0 bridgehead atoms. The van der Waals surface area contributed by atoms with Crippen molar-refractivity contribution in [2.24, 2.45) is 5.92 Å². The van der Waals surface area contributed by atoms with Crippen LogP contribution in [0.5, 0.6) is 5.75 Å². The van der Waals surface area contributed by atoms with Crippen molar-refractivity contribution >= 4 is 21.7 Å². The maximum absolute atomic E-state index is 12.7. The summed E-state index contributed by atoms with van der Waals surface area (Å²) in [6.45, 7) is 7.14. The molecule has 0 unspecified atom stereocenters. The summed E-state index contributed by atoms with van der Waals surface area (Å²) < 4.78 is 32.1. The van der Waals surface area contributed by atoms with E-state index in [2.05, 4.69) is 16.0 Å². The second-order valence-electron chi connectivity index (χ2n) is 6.60. The summed E-state index contributed by atoms with van der Waals surface area (Å²) in [4.78, 5) is 12.4. The molecule has 0 saturated carbocycles. The average Bonchev–Trinajstić information content (AvgIpc) is 2.68. The fourth-order valence-electron chi connectivity index (χ4n) is 3.26. The quantitative estimate of drug-likeness (QED) is 0.602. The highest BCUT2D eigenvalue weighted by Crippen LogP contribution is 2.29. The summed E-state index contributed by atoms with van der Waals surface area (Å²) in [6.07, 6.45) is 2.17. The third-order valence-electron chi connectivity index (χ3n) is 4.87. The lowest BCUT2D eigenvalue weighted by Gasteiger charge is -2.21. The highest BCUT2D eigenvalue weighted by Gasteiger charge is 2.23. The van der Waals surface area contributed by atoms with E-state index in [-0.39, 0.29) is 10.9 Å². The van der Waals surface area contributed by atoms with Crippen molar-refractivity contribution in [3.05, 3.63) is 18.2 Å². The van der Waals surface area contributed by atoms with Gasteiger partial charge in [-0.3, -0.25) is 0 Å². The van der Waals surface area contributed by atoms with Crippen LogP contribution in [0.4, 0.5) is 10.5 Å². The Morgan fingerprint density at radius 3 is 2.52 bits per heavy atom. The smallest absolute Gasteiger partial charge is 0.319 e. The topological polar surface area (TPSA) is 104 Å². The minimum absolute atomic E-state index is 0.130. The van der Waals surface area contributed by atoms with E-state index in [1.165, 1.54) is 23.5 Å². The average molecular weight is 400 g/mol. The molecule has 1 heterocycles. The van der Waals surface area contributed by atoms with Crippen molar-refractivity contribution in [2.75, 3.05) is 45.2 Å². The number of carbonyl (C=O) groups is 1. The molecule has 0 spiro atoms. The van der Waals surface area contributed by atoms with E-state index in [1.54, 1.807) is 19.9 Å². The Morgan fingerprint density at radius 2 is 1.93 bits per heavy atom. The highest BCUT2D eigenvalue weighted by atomic mass is 32.2. The molecule has 1 aliphatic rings. The maximum atomic E-state index is 12.7. The highest BCUT2D eigenvalue weighted by molar-refractivity contribution is 7.89. The number of benzene rings is 1. The van der Waals surface area contributed by atoms with Gasteiger partial charge in [0.15, 0.2) is 0 Å². The Balaban J connectivity index is 2.11. The molecule has 27 heavy (non-hydrogen) atoms. The standard InChI is InChI=1S/C18H30N4O4S/c1-4-22(5-2)27(24,25)15-6-7-17(26-3)16(12-15)21-18(23)20-13-14-8-10-19-11-9-14/h6-7,12,14,19H,4-5,8-11,13H2,1-3H3,(H2,20,21,23)/p+1. The fourth-order valence-corrected chi connectivity index (χ4v) is 4.75. The van der Waals surface area contributed by atoms with E-state index in [1.807, 2.05) is 0 Å². The Kier molecular flexibility index (Phi) is 7.88. The molecule has 1 aromatic carbocycles. The van der Waals surface area contributed by atoms with E-state index in [0.29, 0.717) is 37.0 Å².